The SMILES string of the molecule is COC(=O)c1ccccc1S(=O)(=O)N[C@@H](C)c1cccs1. The number of esters is 1. The molecule has 0 bridgehead atoms. The predicted molar refractivity (Wildman–Crippen MR) is 80.8 cm³/mol. The minimum absolute atomic E-state index is 0.0193. The molecule has 0 saturated heterocycles. The number of thiophene rings is 1. The summed E-state index contributed by atoms with van der Waals surface area (Å²) in [5, 5.41) is 1.88. The number of sulfonamides is 1. The zero-order valence-corrected chi connectivity index (χ0v) is 13.2. The lowest BCUT2D eigenvalue weighted by atomic mass is 10.2. The second-order valence-electron chi connectivity index (χ2n) is 4.35. The molecule has 2 aromatic rings. The number of carbonyl (C=O) groups is 1. The molecule has 2 rings (SSSR count). The van der Waals surface area contributed by atoms with Crippen molar-refractivity contribution in [2.45, 2.75) is 17.9 Å². The minimum Gasteiger partial charge on any atom is -0.465 e. The predicted octanol–water partition coefficient (Wildman–Crippen LogP) is 2.57. The fraction of sp³-hybridized carbons (Fsp3) is 0.214. The molecule has 21 heavy (non-hydrogen) atoms. The van der Waals surface area contributed by atoms with Crippen LogP contribution in [-0.2, 0) is 14.8 Å². The highest BCUT2D eigenvalue weighted by atomic mass is 32.2. The number of carbonyl (C=O) groups excluding carboxylic acids is 1. The Hall–Kier alpha value is -1.70. The van der Waals surface area contributed by atoms with Crippen molar-refractivity contribution < 1.29 is 17.9 Å². The summed E-state index contributed by atoms with van der Waals surface area (Å²) in [4.78, 5) is 12.5. The van der Waals surface area contributed by atoms with Crippen LogP contribution in [0.15, 0.2) is 46.7 Å². The molecule has 112 valence electrons. The number of rotatable bonds is 5. The highest BCUT2D eigenvalue weighted by molar-refractivity contribution is 7.89. The van der Waals surface area contributed by atoms with Gasteiger partial charge >= 0.3 is 5.97 Å². The summed E-state index contributed by atoms with van der Waals surface area (Å²) in [6.07, 6.45) is 0. The smallest absolute Gasteiger partial charge is 0.339 e. The van der Waals surface area contributed by atoms with Gasteiger partial charge in [0, 0.05) is 4.88 Å². The standard InChI is InChI=1S/C14H15NO4S2/c1-10(12-7-5-9-20-12)15-21(17,18)13-8-4-3-6-11(13)14(16)19-2/h3-10,15H,1-2H3/t10-/m0/s1. The molecule has 1 atom stereocenters. The van der Waals surface area contributed by atoms with Gasteiger partial charge in [0.25, 0.3) is 0 Å². The van der Waals surface area contributed by atoms with Gasteiger partial charge in [-0.1, -0.05) is 18.2 Å². The van der Waals surface area contributed by atoms with Crippen molar-refractivity contribution in [1.29, 1.82) is 0 Å². The van der Waals surface area contributed by atoms with E-state index >= 15 is 0 Å². The van der Waals surface area contributed by atoms with Crippen molar-refractivity contribution in [2.75, 3.05) is 7.11 Å². The van der Waals surface area contributed by atoms with E-state index in [1.54, 1.807) is 19.1 Å². The van der Waals surface area contributed by atoms with Gasteiger partial charge in [0.1, 0.15) is 0 Å². The Morgan fingerprint density at radius 3 is 2.57 bits per heavy atom. The molecule has 1 aromatic heterocycles. The van der Waals surface area contributed by atoms with Crippen molar-refractivity contribution in [3.63, 3.8) is 0 Å². The van der Waals surface area contributed by atoms with Crippen LogP contribution in [0.5, 0.6) is 0 Å². The van der Waals surface area contributed by atoms with Crippen LogP contribution in [0.2, 0.25) is 0 Å². The monoisotopic (exact) mass is 325 g/mol. The van der Waals surface area contributed by atoms with Crippen molar-refractivity contribution in [1.82, 2.24) is 4.72 Å². The molecule has 0 unspecified atom stereocenters. The van der Waals surface area contributed by atoms with Crippen LogP contribution in [0.1, 0.15) is 28.2 Å². The Bertz CT molecular complexity index is 723. The van der Waals surface area contributed by atoms with Crippen molar-refractivity contribution in [3.05, 3.63) is 52.2 Å². The van der Waals surface area contributed by atoms with Gasteiger partial charge in [0.15, 0.2) is 0 Å². The molecule has 0 spiro atoms. The summed E-state index contributed by atoms with van der Waals surface area (Å²) in [5.41, 5.74) is 0.0193. The Morgan fingerprint density at radius 2 is 1.95 bits per heavy atom. The van der Waals surface area contributed by atoms with E-state index < -0.39 is 16.0 Å². The third-order valence-corrected chi connectivity index (χ3v) is 5.54. The molecule has 5 nitrogen and oxygen atoms in total. The molecule has 1 N–H and O–H groups in total. The molecule has 0 aliphatic rings. The molecule has 0 amide bonds. The van der Waals surface area contributed by atoms with Crippen molar-refractivity contribution in [3.8, 4) is 0 Å². The first-order valence-electron chi connectivity index (χ1n) is 6.19. The van der Waals surface area contributed by atoms with E-state index in [9.17, 15) is 13.2 Å². The lowest BCUT2D eigenvalue weighted by Gasteiger charge is -2.14. The summed E-state index contributed by atoms with van der Waals surface area (Å²) < 4.78 is 32.1. The molecule has 0 radical (unpaired) electrons. The highest BCUT2D eigenvalue weighted by Crippen LogP contribution is 2.22. The number of hydrogen-bond acceptors (Lipinski definition) is 5. The molecule has 0 aliphatic carbocycles. The van der Waals surface area contributed by atoms with Crippen LogP contribution in [-0.4, -0.2) is 21.5 Å². The second-order valence-corrected chi connectivity index (χ2v) is 7.01. The molecule has 7 heteroatoms. The van der Waals surface area contributed by atoms with Gasteiger partial charge in [-0.15, -0.1) is 11.3 Å². The maximum Gasteiger partial charge on any atom is 0.339 e. The van der Waals surface area contributed by atoms with Crippen molar-refractivity contribution in [2.24, 2.45) is 0 Å². The third-order valence-electron chi connectivity index (χ3n) is 2.88. The maximum absolute atomic E-state index is 12.5. The van der Waals surface area contributed by atoms with E-state index in [4.69, 9.17) is 0 Å². The molecular weight excluding hydrogens is 310 g/mol. The number of hydrogen-bond donors (Lipinski definition) is 1. The zero-order valence-electron chi connectivity index (χ0n) is 11.6. The molecular formula is C14H15NO4S2. The number of ether oxygens (including phenoxy) is 1. The van der Waals surface area contributed by atoms with Crippen LogP contribution in [0.3, 0.4) is 0 Å². The summed E-state index contributed by atoms with van der Waals surface area (Å²) in [5.74, 6) is -0.681. The topological polar surface area (TPSA) is 72.5 Å². The first-order chi connectivity index (χ1) is 9.95. The summed E-state index contributed by atoms with van der Waals surface area (Å²) in [6, 6.07) is 9.30. The number of benzene rings is 1. The summed E-state index contributed by atoms with van der Waals surface area (Å²) >= 11 is 1.46. The minimum atomic E-state index is -3.82. The number of methoxy groups -OCH3 is 1. The zero-order chi connectivity index (χ0) is 15.5. The van der Waals surface area contributed by atoms with Gasteiger partial charge in [0.05, 0.1) is 23.6 Å². The van der Waals surface area contributed by atoms with Gasteiger partial charge in [-0.3, -0.25) is 0 Å². The number of nitrogens with one attached hydrogen (secondary N) is 1. The van der Waals surface area contributed by atoms with Gasteiger partial charge < -0.3 is 4.74 Å². The van der Waals surface area contributed by atoms with Gasteiger partial charge in [0.2, 0.25) is 10.0 Å². The van der Waals surface area contributed by atoms with E-state index in [1.165, 1.54) is 30.6 Å². The van der Waals surface area contributed by atoms with Gasteiger partial charge in [-0.25, -0.2) is 17.9 Å². The summed E-state index contributed by atoms with van der Waals surface area (Å²) in [7, 11) is -2.60. The molecule has 0 aliphatic heterocycles. The van der Waals surface area contributed by atoms with E-state index in [-0.39, 0.29) is 16.5 Å². The second kappa shape index (κ2) is 6.38. The van der Waals surface area contributed by atoms with Crippen LogP contribution in [0.25, 0.3) is 0 Å². The highest BCUT2D eigenvalue weighted by Gasteiger charge is 2.24. The van der Waals surface area contributed by atoms with E-state index in [2.05, 4.69) is 9.46 Å². The Balaban J connectivity index is 2.34. The molecule has 0 saturated carbocycles. The third kappa shape index (κ3) is 3.49. The van der Waals surface area contributed by atoms with E-state index in [0.29, 0.717) is 0 Å². The van der Waals surface area contributed by atoms with Gasteiger partial charge in [-0.05, 0) is 30.5 Å². The first kappa shape index (κ1) is 15.7. The first-order valence-corrected chi connectivity index (χ1v) is 8.55. The van der Waals surface area contributed by atoms with Crippen LogP contribution in [0, 0.1) is 0 Å². The van der Waals surface area contributed by atoms with Gasteiger partial charge in [-0.2, -0.15) is 0 Å². The van der Waals surface area contributed by atoms with Crippen molar-refractivity contribution >= 4 is 27.3 Å². The molecule has 1 heterocycles. The Kier molecular flexibility index (Phi) is 4.76. The normalized spacial score (nSPS) is 12.9. The lowest BCUT2D eigenvalue weighted by molar-refractivity contribution is 0.0596. The summed E-state index contributed by atoms with van der Waals surface area (Å²) in [6.45, 7) is 1.75. The Labute approximate surface area is 127 Å². The lowest BCUT2D eigenvalue weighted by Crippen LogP contribution is -2.28. The average Bonchev–Trinajstić information content (AvgIpc) is 3.00. The fourth-order valence-corrected chi connectivity index (χ4v) is 4.10. The fourth-order valence-electron chi connectivity index (χ4n) is 1.87. The largest absolute Gasteiger partial charge is 0.465 e. The average molecular weight is 325 g/mol. The maximum atomic E-state index is 12.5. The molecule has 0 fully saturated rings. The van der Waals surface area contributed by atoms with Crippen LogP contribution >= 0.6 is 11.3 Å². The van der Waals surface area contributed by atoms with Crippen LogP contribution < -0.4 is 4.72 Å². The molecule has 1 aromatic carbocycles. The van der Waals surface area contributed by atoms with E-state index in [1.807, 2.05) is 17.5 Å². The Morgan fingerprint density at radius 1 is 1.24 bits per heavy atom. The van der Waals surface area contributed by atoms with Crippen LogP contribution in [0.4, 0.5) is 0 Å². The quantitative estimate of drug-likeness (QED) is 0.858. The van der Waals surface area contributed by atoms with E-state index in [0.717, 1.165) is 4.88 Å².